The van der Waals surface area contributed by atoms with Gasteiger partial charge in [0.25, 0.3) is 6.43 Å². The summed E-state index contributed by atoms with van der Waals surface area (Å²) in [5.41, 5.74) is 3.18. The summed E-state index contributed by atoms with van der Waals surface area (Å²) in [6, 6.07) is 3.80. The molecule has 0 aliphatic carbocycles. The van der Waals surface area contributed by atoms with Gasteiger partial charge in [-0.25, -0.2) is 13.2 Å². The van der Waals surface area contributed by atoms with Crippen molar-refractivity contribution in [3.05, 3.63) is 34.1 Å². The third-order valence-corrected chi connectivity index (χ3v) is 2.46. The quantitative estimate of drug-likeness (QED) is 0.876. The predicted molar refractivity (Wildman–Crippen MR) is 51.6 cm³/mol. The molecule has 78 valence electrons. The maximum absolute atomic E-state index is 13.2. The van der Waals surface area contributed by atoms with Crippen LogP contribution < -0.4 is 5.73 Å². The van der Waals surface area contributed by atoms with Crippen molar-refractivity contribution in [3.63, 3.8) is 0 Å². The Morgan fingerprint density at radius 3 is 2.50 bits per heavy atom. The minimum absolute atomic E-state index is 0.193. The highest BCUT2D eigenvalue weighted by molar-refractivity contribution is 9.10. The van der Waals surface area contributed by atoms with Crippen molar-refractivity contribution >= 4 is 15.9 Å². The second-order valence-corrected chi connectivity index (χ2v) is 4.12. The molecule has 1 aromatic carbocycles. The lowest BCUT2D eigenvalue weighted by atomic mass is 9.93. The zero-order valence-corrected chi connectivity index (χ0v) is 8.98. The number of alkyl halides is 2. The lowest BCUT2D eigenvalue weighted by molar-refractivity contribution is 0.0604. The summed E-state index contributed by atoms with van der Waals surface area (Å²) in [4.78, 5) is 0. The van der Waals surface area contributed by atoms with Crippen molar-refractivity contribution < 1.29 is 13.2 Å². The van der Waals surface area contributed by atoms with Crippen LogP contribution in [0.25, 0.3) is 0 Å². The summed E-state index contributed by atoms with van der Waals surface area (Å²) in [5, 5.41) is 0. The molecule has 0 radical (unpaired) electrons. The van der Waals surface area contributed by atoms with E-state index in [0.717, 1.165) is 13.0 Å². The molecule has 1 atom stereocenters. The van der Waals surface area contributed by atoms with Gasteiger partial charge in [0.05, 0.1) is 0 Å². The van der Waals surface area contributed by atoms with Gasteiger partial charge >= 0.3 is 0 Å². The normalized spacial score (nSPS) is 15.6. The molecule has 0 unspecified atom stereocenters. The maximum Gasteiger partial charge on any atom is 0.260 e. The molecule has 0 bridgehead atoms. The Balaban J connectivity index is 3.24. The van der Waals surface area contributed by atoms with Crippen LogP contribution in [-0.4, -0.2) is 6.43 Å². The van der Waals surface area contributed by atoms with Crippen LogP contribution in [0.2, 0.25) is 0 Å². The highest BCUT2D eigenvalue weighted by Gasteiger charge is 2.34. The zero-order chi connectivity index (χ0) is 10.9. The van der Waals surface area contributed by atoms with E-state index >= 15 is 0 Å². The van der Waals surface area contributed by atoms with Crippen molar-refractivity contribution in [2.24, 2.45) is 5.73 Å². The summed E-state index contributed by atoms with van der Waals surface area (Å²) in [6.45, 7) is 1.10. The molecule has 0 heterocycles. The van der Waals surface area contributed by atoms with Crippen LogP contribution in [0, 0.1) is 5.82 Å². The molecule has 1 rings (SSSR count). The number of nitrogens with two attached hydrogens (primary N) is 1. The number of rotatable bonds is 2. The summed E-state index contributed by atoms with van der Waals surface area (Å²) in [5.74, 6) is -0.724. The standard InChI is InChI=1S/C9H9BrF3N/c1-9(14,8(12)13)6-4-5(10)2-3-7(6)11/h2-4,8H,14H2,1H3/t9-/m1/s1. The van der Waals surface area contributed by atoms with E-state index in [1.54, 1.807) is 0 Å². The first kappa shape index (κ1) is 11.5. The van der Waals surface area contributed by atoms with Gasteiger partial charge in [-0.3, -0.25) is 0 Å². The van der Waals surface area contributed by atoms with Gasteiger partial charge in [0.2, 0.25) is 0 Å². The highest BCUT2D eigenvalue weighted by Crippen LogP contribution is 2.29. The van der Waals surface area contributed by atoms with E-state index in [1.807, 2.05) is 0 Å². The average molecular weight is 268 g/mol. The monoisotopic (exact) mass is 267 g/mol. The van der Waals surface area contributed by atoms with Gasteiger partial charge in [0.1, 0.15) is 11.4 Å². The second-order valence-electron chi connectivity index (χ2n) is 3.21. The number of benzene rings is 1. The van der Waals surface area contributed by atoms with E-state index in [-0.39, 0.29) is 5.56 Å². The Morgan fingerprint density at radius 2 is 2.00 bits per heavy atom. The van der Waals surface area contributed by atoms with Crippen molar-refractivity contribution in [1.29, 1.82) is 0 Å². The van der Waals surface area contributed by atoms with Gasteiger partial charge in [-0.1, -0.05) is 15.9 Å². The van der Waals surface area contributed by atoms with Crippen molar-refractivity contribution in [1.82, 2.24) is 0 Å². The largest absolute Gasteiger partial charge is 0.317 e. The number of hydrogen-bond donors (Lipinski definition) is 1. The minimum atomic E-state index is -2.81. The number of hydrogen-bond acceptors (Lipinski definition) is 1. The molecule has 0 aliphatic heterocycles. The molecule has 5 heteroatoms. The van der Waals surface area contributed by atoms with Crippen LogP contribution in [-0.2, 0) is 5.54 Å². The van der Waals surface area contributed by atoms with Gasteiger partial charge in [-0.2, -0.15) is 0 Å². The molecule has 1 aromatic rings. The van der Waals surface area contributed by atoms with Gasteiger partial charge in [-0.05, 0) is 25.1 Å². The molecule has 0 spiro atoms. The van der Waals surface area contributed by atoms with Crippen LogP contribution in [0.4, 0.5) is 13.2 Å². The molecule has 0 fully saturated rings. The maximum atomic E-state index is 13.2. The molecule has 0 aliphatic rings. The van der Waals surface area contributed by atoms with E-state index in [9.17, 15) is 13.2 Å². The third-order valence-electron chi connectivity index (χ3n) is 1.96. The fraction of sp³-hybridized carbons (Fsp3) is 0.333. The molecule has 0 saturated carbocycles. The SMILES string of the molecule is C[C@@](N)(c1cc(Br)ccc1F)C(F)F. The van der Waals surface area contributed by atoms with Crippen LogP contribution >= 0.6 is 15.9 Å². The molecule has 0 amide bonds. The fourth-order valence-corrected chi connectivity index (χ4v) is 1.39. The van der Waals surface area contributed by atoms with Crippen LogP contribution in [0.15, 0.2) is 22.7 Å². The molecule has 1 nitrogen and oxygen atoms in total. The summed E-state index contributed by atoms with van der Waals surface area (Å²) in [7, 11) is 0. The predicted octanol–water partition coefficient (Wildman–Crippen LogP) is 3.03. The zero-order valence-electron chi connectivity index (χ0n) is 7.40. The molecule has 14 heavy (non-hydrogen) atoms. The third kappa shape index (κ3) is 2.09. The van der Waals surface area contributed by atoms with Crippen LogP contribution in [0.3, 0.4) is 0 Å². The Labute approximate surface area is 88.2 Å². The molecule has 2 N–H and O–H groups in total. The smallest absolute Gasteiger partial charge is 0.260 e. The second kappa shape index (κ2) is 3.90. The van der Waals surface area contributed by atoms with Crippen LogP contribution in [0.1, 0.15) is 12.5 Å². The Kier molecular flexibility index (Phi) is 3.21. The van der Waals surface area contributed by atoms with Gasteiger partial charge in [-0.15, -0.1) is 0 Å². The summed E-state index contributed by atoms with van der Waals surface area (Å²) in [6.07, 6.45) is -2.81. The Morgan fingerprint density at radius 1 is 1.43 bits per heavy atom. The van der Waals surface area contributed by atoms with E-state index < -0.39 is 17.8 Å². The Hall–Kier alpha value is -0.550. The van der Waals surface area contributed by atoms with Gasteiger partial charge < -0.3 is 5.73 Å². The molecular formula is C9H9BrF3N. The lowest BCUT2D eigenvalue weighted by Crippen LogP contribution is -2.41. The average Bonchev–Trinajstić information content (AvgIpc) is 2.08. The number of halogens is 4. The first-order valence-electron chi connectivity index (χ1n) is 3.88. The minimum Gasteiger partial charge on any atom is -0.317 e. The Bertz CT molecular complexity index is 339. The molecule has 0 aromatic heterocycles. The van der Waals surface area contributed by atoms with E-state index in [1.165, 1.54) is 12.1 Å². The first-order chi connectivity index (χ1) is 6.35. The molecular weight excluding hydrogens is 259 g/mol. The summed E-state index contributed by atoms with van der Waals surface area (Å²) >= 11 is 3.07. The van der Waals surface area contributed by atoms with Crippen LogP contribution in [0.5, 0.6) is 0 Å². The van der Waals surface area contributed by atoms with Gasteiger partial charge in [0.15, 0.2) is 0 Å². The topological polar surface area (TPSA) is 26.0 Å². The summed E-state index contributed by atoms with van der Waals surface area (Å²) < 4.78 is 38.7. The van der Waals surface area contributed by atoms with Crippen molar-refractivity contribution in [3.8, 4) is 0 Å². The van der Waals surface area contributed by atoms with Crippen molar-refractivity contribution in [2.75, 3.05) is 0 Å². The van der Waals surface area contributed by atoms with E-state index in [0.29, 0.717) is 4.47 Å². The lowest BCUT2D eigenvalue weighted by Gasteiger charge is -2.24. The molecule has 0 saturated heterocycles. The first-order valence-corrected chi connectivity index (χ1v) is 4.67. The fourth-order valence-electron chi connectivity index (χ4n) is 1.03. The van der Waals surface area contributed by atoms with E-state index in [4.69, 9.17) is 5.73 Å². The van der Waals surface area contributed by atoms with Crippen molar-refractivity contribution in [2.45, 2.75) is 18.9 Å². The highest BCUT2D eigenvalue weighted by atomic mass is 79.9. The van der Waals surface area contributed by atoms with E-state index in [2.05, 4.69) is 15.9 Å². The van der Waals surface area contributed by atoms with Gasteiger partial charge in [0, 0.05) is 10.0 Å².